The monoisotopic (exact) mass is 340 g/mol. The zero-order valence-electron chi connectivity index (χ0n) is 12.2. The number of alkyl halides is 2. The molecule has 0 fully saturated rings. The summed E-state index contributed by atoms with van der Waals surface area (Å²) in [5.41, 5.74) is 0.357. The molecule has 9 heteroatoms. The van der Waals surface area contributed by atoms with Crippen molar-refractivity contribution in [2.24, 2.45) is 0 Å². The number of halogens is 4. The Kier molecular flexibility index (Phi) is 6.23. The molecule has 0 radical (unpaired) electrons. The summed E-state index contributed by atoms with van der Waals surface area (Å²) < 4.78 is 54.7. The summed E-state index contributed by atoms with van der Waals surface area (Å²) in [6, 6.07) is 7.37. The predicted octanol–water partition coefficient (Wildman–Crippen LogP) is 3.29. The molecule has 0 bridgehead atoms. The number of rotatable bonds is 4. The molecule has 0 atom stereocenters. The second-order valence-corrected chi connectivity index (χ2v) is 4.35. The maximum atomic E-state index is 13.3. The largest absolute Gasteiger partial charge is 0.417 e. The van der Waals surface area contributed by atoms with Gasteiger partial charge in [-0.1, -0.05) is 18.2 Å². The fourth-order valence-corrected chi connectivity index (χ4v) is 1.70. The van der Waals surface area contributed by atoms with Crippen LogP contribution in [0.5, 0.6) is 5.88 Å². The Morgan fingerprint density at radius 1 is 1.04 bits per heavy atom. The molecule has 5 nitrogen and oxygen atoms in total. The summed E-state index contributed by atoms with van der Waals surface area (Å²) in [4.78, 5) is 6.80. The van der Waals surface area contributed by atoms with Crippen molar-refractivity contribution in [3.63, 3.8) is 0 Å². The number of aromatic nitrogens is 4. The van der Waals surface area contributed by atoms with Crippen molar-refractivity contribution < 1.29 is 22.3 Å². The fraction of sp³-hybridized carbons (Fsp3) is 0.133. The number of benzene rings is 1. The summed E-state index contributed by atoms with van der Waals surface area (Å²) in [7, 11) is 0. The van der Waals surface area contributed by atoms with Gasteiger partial charge in [0, 0.05) is 11.6 Å². The van der Waals surface area contributed by atoms with Gasteiger partial charge in [0.2, 0.25) is 5.88 Å². The molecule has 2 aromatic heterocycles. The lowest BCUT2D eigenvalue weighted by atomic mass is 10.2. The van der Waals surface area contributed by atoms with Crippen molar-refractivity contribution in [2.45, 2.75) is 13.2 Å². The highest BCUT2D eigenvalue weighted by molar-refractivity contribution is 5.19. The van der Waals surface area contributed by atoms with Crippen LogP contribution in [0.25, 0.3) is 0 Å². The van der Waals surface area contributed by atoms with E-state index in [-0.39, 0.29) is 12.4 Å². The lowest BCUT2D eigenvalue weighted by Crippen LogP contribution is -2.10. The Morgan fingerprint density at radius 2 is 1.75 bits per heavy atom. The van der Waals surface area contributed by atoms with Gasteiger partial charge in [-0.3, -0.25) is 0 Å². The van der Waals surface area contributed by atoms with E-state index in [0.29, 0.717) is 5.56 Å². The highest BCUT2D eigenvalue weighted by Crippen LogP contribution is 2.16. The third kappa shape index (κ3) is 5.34. The average Bonchev–Trinajstić information content (AvgIpc) is 2.97. The van der Waals surface area contributed by atoms with Gasteiger partial charge in [0.15, 0.2) is 5.82 Å². The van der Waals surface area contributed by atoms with E-state index < -0.39 is 18.2 Å². The molecule has 0 spiro atoms. The minimum Gasteiger partial charge on any atom is -0.417 e. The van der Waals surface area contributed by atoms with Gasteiger partial charge in [-0.25, -0.2) is 23.4 Å². The minimum absolute atomic E-state index is 0.0434. The zero-order valence-corrected chi connectivity index (χ0v) is 12.2. The van der Waals surface area contributed by atoms with Gasteiger partial charge < -0.3 is 4.74 Å². The molecule has 2 heterocycles. The lowest BCUT2D eigenvalue weighted by Gasteiger charge is -2.08. The first kappa shape index (κ1) is 17.4. The van der Waals surface area contributed by atoms with Crippen LogP contribution in [-0.4, -0.2) is 26.4 Å². The molecule has 3 aromatic rings. The van der Waals surface area contributed by atoms with E-state index in [2.05, 4.69) is 19.8 Å². The Labute approximate surface area is 134 Å². The minimum atomic E-state index is -2.92. The summed E-state index contributed by atoms with van der Waals surface area (Å²) in [6.07, 6.45) is 4.81. The van der Waals surface area contributed by atoms with Crippen LogP contribution in [0.2, 0.25) is 0 Å². The molecule has 0 aliphatic carbocycles. The second kappa shape index (κ2) is 8.61. The van der Waals surface area contributed by atoms with E-state index in [0.717, 1.165) is 12.4 Å². The quantitative estimate of drug-likeness (QED) is 0.684. The molecule has 0 saturated heterocycles. The smallest absolute Gasteiger partial charge is 0.388 e. The van der Waals surface area contributed by atoms with Gasteiger partial charge in [0.1, 0.15) is 12.1 Å². The Bertz CT molecular complexity index is 752. The van der Waals surface area contributed by atoms with E-state index in [4.69, 9.17) is 0 Å². The number of ether oxygens (including phenoxy) is 1. The summed E-state index contributed by atoms with van der Waals surface area (Å²) in [5.74, 6) is -0.906. The van der Waals surface area contributed by atoms with E-state index >= 15 is 0 Å². The maximum Gasteiger partial charge on any atom is 0.388 e. The first-order valence-corrected chi connectivity index (χ1v) is 6.67. The Hall–Kier alpha value is -2.97. The number of hydrogen-bond donors (Lipinski definition) is 0. The molecule has 24 heavy (non-hydrogen) atoms. The molecule has 0 aliphatic rings. The molecule has 126 valence electrons. The van der Waals surface area contributed by atoms with Crippen molar-refractivity contribution in [2.75, 3.05) is 0 Å². The summed E-state index contributed by atoms with van der Waals surface area (Å²) in [6.45, 7) is -2.88. The molecule has 0 unspecified atom stereocenters. The van der Waals surface area contributed by atoms with Gasteiger partial charge in [0.05, 0.1) is 25.1 Å². The van der Waals surface area contributed by atoms with Crippen molar-refractivity contribution in [1.82, 2.24) is 19.7 Å². The molecular formula is C15H12F4N4O. The first-order valence-electron chi connectivity index (χ1n) is 6.67. The van der Waals surface area contributed by atoms with Crippen LogP contribution in [0.4, 0.5) is 17.6 Å². The van der Waals surface area contributed by atoms with E-state index in [1.54, 1.807) is 18.2 Å². The molecule has 0 saturated carbocycles. The number of hydrogen-bond acceptors (Lipinski definition) is 4. The van der Waals surface area contributed by atoms with Crippen LogP contribution in [0, 0.1) is 11.6 Å². The van der Waals surface area contributed by atoms with Crippen molar-refractivity contribution in [3.05, 3.63) is 72.4 Å². The van der Waals surface area contributed by atoms with Gasteiger partial charge in [0.25, 0.3) is 0 Å². The molecular weight excluding hydrogens is 328 g/mol. The van der Waals surface area contributed by atoms with Crippen LogP contribution in [0.1, 0.15) is 5.56 Å². The summed E-state index contributed by atoms with van der Waals surface area (Å²) in [5, 5.41) is 3.80. The van der Waals surface area contributed by atoms with Crippen molar-refractivity contribution >= 4 is 0 Å². The molecule has 1 aromatic carbocycles. The van der Waals surface area contributed by atoms with Gasteiger partial charge >= 0.3 is 6.61 Å². The van der Waals surface area contributed by atoms with Crippen LogP contribution >= 0.6 is 0 Å². The van der Waals surface area contributed by atoms with Gasteiger partial charge in [-0.05, 0) is 6.07 Å². The van der Waals surface area contributed by atoms with Gasteiger partial charge in [-0.15, -0.1) is 0 Å². The standard InChI is InChI=1S/C11H9F3N2O.C4H3FN2/c12-9-4-2-1-3-8(9)7-16-10(5-6-15-16)17-11(13)14;5-4-1-6-3-7-2-4/h1-6,11H,7H2;1-3H. The Morgan fingerprint density at radius 3 is 2.33 bits per heavy atom. The Balaban J connectivity index is 0.000000249. The van der Waals surface area contributed by atoms with E-state index in [9.17, 15) is 17.6 Å². The fourth-order valence-electron chi connectivity index (χ4n) is 1.70. The zero-order chi connectivity index (χ0) is 17.4. The molecule has 0 N–H and O–H groups in total. The molecule has 0 aliphatic heterocycles. The molecule has 3 rings (SSSR count). The lowest BCUT2D eigenvalue weighted by molar-refractivity contribution is -0.0556. The van der Waals surface area contributed by atoms with Crippen molar-refractivity contribution in [1.29, 1.82) is 0 Å². The molecule has 0 amide bonds. The highest BCUT2D eigenvalue weighted by Gasteiger charge is 2.11. The average molecular weight is 340 g/mol. The third-order valence-corrected chi connectivity index (χ3v) is 2.69. The van der Waals surface area contributed by atoms with Crippen LogP contribution in [0.15, 0.2) is 55.2 Å². The first-order chi connectivity index (χ1) is 11.6. The van der Waals surface area contributed by atoms with Crippen LogP contribution in [0.3, 0.4) is 0 Å². The predicted molar refractivity (Wildman–Crippen MR) is 76.4 cm³/mol. The van der Waals surface area contributed by atoms with E-state index in [1.807, 2.05) is 0 Å². The van der Waals surface area contributed by atoms with Crippen molar-refractivity contribution in [3.8, 4) is 5.88 Å². The third-order valence-electron chi connectivity index (χ3n) is 2.69. The van der Waals surface area contributed by atoms with Crippen LogP contribution in [-0.2, 0) is 6.54 Å². The maximum absolute atomic E-state index is 13.3. The summed E-state index contributed by atoms with van der Waals surface area (Å²) >= 11 is 0. The second-order valence-electron chi connectivity index (χ2n) is 4.35. The van der Waals surface area contributed by atoms with E-state index in [1.165, 1.54) is 29.3 Å². The van der Waals surface area contributed by atoms with Crippen LogP contribution < -0.4 is 4.74 Å². The highest BCUT2D eigenvalue weighted by atomic mass is 19.3. The topological polar surface area (TPSA) is 52.8 Å². The van der Waals surface area contributed by atoms with Gasteiger partial charge in [-0.2, -0.15) is 13.9 Å². The normalized spacial score (nSPS) is 10.2. The number of nitrogens with zero attached hydrogens (tertiary/aromatic N) is 4. The SMILES string of the molecule is Fc1ccccc1Cn1nccc1OC(F)F.Fc1cncnc1.